The molecule has 0 N–H and O–H groups in total. The zero-order chi connectivity index (χ0) is 19.7. The highest BCUT2D eigenvalue weighted by atomic mass is 15.1. The molecule has 0 aliphatic carbocycles. The van der Waals surface area contributed by atoms with Crippen LogP contribution in [-0.2, 0) is 5.41 Å². The Morgan fingerprint density at radius 1 is 0.786 bits per heavy atom. The third-order valence-corrected chi connectivity index (χ3v) is 5.63. The molecule has 2 nitrogen and oxygen atoms in total. The number of nitrogens with zero attached hydrogens (tertiary/aromatic N) is 2. The van der Waals surface area contributed by atoms with Crippen molar-refractivity contribution >= 4 is 22.8 Å². The highest BCUT2D eigenvalue weighted by Crippen LogP contribution is 2.41. The van der Waals surface area contributed by atoms with Gasteiger partial charge in [-0.1, -0.05) is 54.6 Å². The van der Waals surface area contributed by atoms with Crippen molar-refractivity contribution in [2.45, 2.75) is 26.2 Å². The van der Waals surface area contributed by atoms with Crippen molar-refractivity contribution in [1.29, 1.82) is 0 Å². The zero-order valence-electron chi connectivity index (χ0n) is 17.1. The van der Waals surface area contributed by atoms with Gasteiger partial charge in [0.05, 0.1) is 5.41 Å². The van der Waals surface area contributed by atoms with Crippen LogP contribution in [-0.4, -0.2) is 17.3 Å². The van der Waals surface area contributed by atoms with Crippen molar-refractivity contribution in [3.05, 3.63) is 102 Å². The molecule has 0 spiro atoms. The summed E-state index contributed by atoms with van der Waals surface area (Å²) in [7, 11) is 2.18. The van der Waals surface area contributed by atoms with Crippen molar-refractivity contribution in [2.24, 2.45) is 0 Å². The van der Waals surface area contributed by atoms with Gasteiger partial charge >= 0.3 is 0 Å². The number of hydrogen-bond donors (Lipinski definition) is 0. The molecule has 0 bridgehead atoms. The molecule has 3 aromatic rings. The fourth-order valence-corrected chi connectivity index (χ4v) is 4.45. The molecule has 0 amide bonds. The minimum atomic E-state index is -0.0367. The van der Waals surface area contributed by atoms with Crippen molar-refractivity contribution in [2.75, 3.05) is 11.9 Å². The summed E-state index contributed by atoms with van der Waals surface area (Å²) in [6.45, 7) is 6.85. The van der Waals surface area contributed by atoms with E-state index in [-0.39, 0.29) is 5.41 Å². The van der Waals surface area contributed by atoms with Crippen LogP contribution in [0.1, 0.15) is 26.3 Å². The minimum absolute atomic E-state index is 0.0367. The van der Waals surface area contributed by atoms with Gasteiger partial charge in [-0.2, -0.15) is 4.58 Å². The zero-order valence-corrected chi connectivity index (χ0v) is 17.1. The topological polar surface area (TPSA) is 6.25 Å². The molecule has 0 aromatic heterocycles. The van der Waals surface area contributed by atoms with E-state index in [9.17, 15) is 0 Å². The fraction of sp³-hybridized carbons (Fsp3) is 0.192. The standard InChI is InChI=1S/C26H27N2/c1-20(25-26(2,3)23-17-11-12-18-24(23)27(25)4)19-28(21-13-7-5-8-14-21)22-15-9-6-10-16-22/h5-19H,1-4H3/q+1. The molecule has 4 rings (SSSR count). The van der Waals surface area contributed by atoms with Gasteiger partial charge < -0.3 is 4.90 Å². The van der Waals surface area contributed by atoms with Crippen molar-refractivity contribution in [3.63, 3.8) is 0 Å². The largest absolute Gasteiger partial charge is 0.317 e. The molecule has 0 unspecified atom stereocenters. The molecule has 140 valence electrons. The predicted molar refractivity (Wildman–Crippen MR) is 119 cm³/mol. The molecule has 0 fully saturated rings. The summed E-state index contributed by atoms with van der Waals surface area (Å²) in [5, 5.41) is 0. The molecule has 0 saturated heterocycles. The van der Waals surface area contributed by atoms with Crippen molar-refractivity contribution in [1.82, 2.24) is 0 Å². The SMILES string of the molecule is CC(=CN(c1ccccc1)c1ccccc1)C1=[N+](C)c2ccccc2C1(C)C. The maximum atomic E-state index is 2.34. The molecule has 1 heterocycles. The van der Waals surface area contributed by atoms with Crippen molar-refractivity contribution in [3.8, 4) is 0 Å². The van der Waals surface area contributed by atoms with Gasteiger partial charge in [0, 0.05) is 34.8 Å². The van der Waals surface area contributed by atoms with Gasteiger partial charge in [0.25, 0.3) is 0 Å². The predicted octanol–water partition coefficient (Wildman–Crippen LogP) is 6.43. The molecule has 0 radical (unpaired) electrons. The van der Waals surface area contributed by atoms with Gasteiger partial charge in [-0.15, -0.1) is 0 Å². The molecule has 28 heavy (non-hydrogen) atoms. The van der Waals surface area contributed by atoms with Gasteiger partial charge in [0.1, 0.15) is 7.05 Å². The highest BCUT2D eigenvalue weighted by Gasteiger charge is 2.44. The van der Waals surface area contributed by atoms with Crippen LogP contribution >= 0.6 is 0 Å². The Labute approximate surface area is 168 Å². The molecule has 1 aliphatic rings. The van der Waals surface area contributed by atoms with E-state index >= 15 is 0 Å². The first kappa shape index (κ1) is 18.2. The van der Waals surface area contributed by atoms with E-state index in [4.69, 9.17) is 0 Å². The monoisotopic (exact) mass is 367 g/mol. The maximum Gasteiger partial charge on any atom is 0.209 e. The Balaban J connectivity index is 1.83. The van der Waals surface area contributed by atoms with E-state index in [1.54, 1.807) is 0 Å². The van der Waals surface area contributed by atoms with E-state index in [1.807, 2.05) is 0 Å². The Hall–Kier alpha value is -3.13. The summed E-state index contributed by atoms with van der Waals surface area (Å²) < 4.78 is 2.34. The number of rotatable bonds is 4. The first-order valence-electron chi connectivity index (χ1n) is 9.79. The summed E-state index contributed by atoms with van der Waals surface area (Å²) >= 11 is 0. The Morgan fingerprint density at radius 2 is 1.29 bits per heavy atom. The van der Waals surface area contributed by atoms with Crippen molar-refractivity contribution < 1.29 is 4.58 Å². The van der Waals surface area contributed by atoms with Crippen LogP contribution in [0.2, 0.25) is 0 Å². The summed E-state index contributed by atoms with van der Waals surface area (Å²) in [4.78, 5) is 2.27. The quantitative estimate of drug-likeness (QED) is 0.481. The molecule has 0 saturated carbocycles. The molecule has 0 atom stereocenters. The Morgan fingerprint density at radius 3 is 1.82 bits per heavy atom. The second-order valence-electron chi connectivity index (χ2n) is 7.90. The number of benzene rings is 3. The summed E-state index contributed by atoms with van der Waals surface area (Å²) in [5.41, 5.74) is 7.55. The number of fused-ring (bicyclic) bond motifs is 1. The van der Waals surface area contributed by atoms with E-state index < -0.39 is 0 Å². The van der Waals surface area contributed by atoms with Crippen LogP contribution in [0, 0.1) is 0 Å². The fourth-order valence-electron chi connectivity index (χ4n) is 4.45. The second kappa shape index (κ2) is 7.12. The van der Waals surface area contributed by atoms with Gasteiger partial charge in [0.2, 0.25) is 5.69 Å². The first-order chi connectivity index (χ1) is 13.5. The van der Waals surface area contributed by atoms with Gasteiger partial charge in [-0.05, 0) is 45.0 Å². The third kappa shape index (κ3) is 3.05. The Kier molecular flexibility index (Phi) is 4.64. The number of hydrogen-bond acceptors (Lipinski definition) is 1. The smallest absolute Gasteiger partial charge is 0.209 e. The second-order valence-corrected chi connectivity index (χ2v) is 7.90. The number of anilines is 2. The van der Waals surface area contributed by atoms with Crippen LogP contribution < -0.4 is 4.90 Å². The molecular weight excluding hydrogens is 340 g/mol. The average molecular weight is 368 g/mol. The minimum Gasteiger partial charge on any atom is -0.317 e. The summed E-state index contributed by atoms with van der Waals surface area (Å²) in [6, 6.07) is 29.8. The molecule has 3 aromatic carbocycles. The molecule has 2 heteroatoms. The normalized spacial score (nSPS) is 15.5. The lowest BCUT2D eigenvalue weighted by Gasteiger charge is -2.24. The van der Waals surface area contributed by atoms with Gasteiger partial charge in [-0.3, -0.25) is 0 Å². The number of allylic oxidation sites excluding steroid dienone is 1. The van der Waals surface area contributed by atoms with Crippen LogP contribution in [0.25, 0.3) is 0 Å². The lowest BCUT2D eigenvalue weighted by atomic mass is 9.79. The average Bonchev–Trinajstić information content (AvgIpc) is 2.93. The third-order valence-electron chi connectivity index (χ3n) is 5.63. The summed E-state index contributed by atoms with van der Waals surface area (Å²) in [6.07, 6.45) is 2.27. The van der Waals surface area contributed by atoms with Crippen LogP contribution in [0.15, 0.2) is 96.7 Å². The summed E-state index contributed by atoms with van der Waals surface area (Å²) in [5.74, 6) is 0. The van der Waals surface area contributed by atoms with Crippen LogP contribution in [0.4, 0.5) is 17.1 Å². The lowest BCUT2D eigenvalue weighted by molar-refractivity contribution is -0.402. The van der Waals surface area contributed by atoms with Gasteiger partial charge in [-0.25, -0.2) is 0 Å². The highest BCUT2D eigenvalue weighted by molar-refractivity contribution is 6.07. The van der Waals surface area contributed by atoms with E-state index in [0.29, 0.717) is 0 Å². The maximum absolute atomic E-state index is 2.34. The number of para-hydroxylation sites is 3. The van der Waals surface area contributed by atoms with Crippen LogP contribution in [0.3, 0.4) is 0 Å². The molecular formula is C26H27N2+. The van der Waals surface area contributed by atoms with E-state index in [2.05, 4.69) is 128 Å². The van der Waals surface area contributed by atoms with E-state index in [0.717, 1.165) is 11.4 Å². The van der Waals surface area contributed by atoms with Crippen LogP contribution in [0.5, 0.6) is 0 Å². The first-order valence-corrected chi connectivity index (χ1v) is 9.79. The van der Waals surface area contributed by atoms with E-state index in [1.165, 1.54) is 22.5 Å². The van der Waals surface area contributed by atoms with Gasteiger partial charge in [0.15, 0.2) is 5.71 Å². The Bertz CT molecular complexity index is 1000. The molecule has 1 aliphatic heterocycles. The lowest BCUT2D eigenvalue weighted by Crippen LogP contribution is -2.30.